The smallest absolute Gasteiger partial charge is 0.358 e. The van der Waals surface area contributed by atoms with Gasteiger partial charge in [0, 0.05) is 17.8 Å². The fraction of sp³-hybridized carbons (Fsp3) is 0.273. The molecule has 0 spiro atoms. The topological polar surface area (TPSA) is 90.1 Å². The highest BCUT2D eigenvalue weighted by Gasteiger charge is 2.09. The van der Waals surface area contributed by atoms with Gasteiger partial charge in [-0.25, -0.2) is 9.48 Å². The molecule has 0 unspecified atom stereocenters. The van der Waals surface area contributed by atoms with E-state index in [1.165, 1.54) is 10.9 Å². The van der Waals surface area contributed by atoms with E-state index in [0.29, 0.717) is 12.3 Å². The molecule has 94 valence electrons. The Bertz CT molecular complexity index is 579. The highest BCUT2D eigenvalue weighted by molar-refractivity contribution is 5.84. The average molecular weight is 248 g/mol. The standard InChI is InChI=1S/C11H12N4O3/c1-7-3-9(18-2)4-8(12-7)5-15-6-10(11(16)17)13-14-15/h3-4,6H,5H2,1-2H3,(H,16,17). The summed E-state index contributed by atoms with van der Waals surface area (Å²) in [6.45, 7) is 2.20. The lowest BCUT2D eigenvalue weighted by Crippen LogP contribution is -2.04. The highest BCUT2D eigenvalue weighted by Crippen LogP contribution is 2.13. The zero-order valence-corrected chi connectivity index (χ0v) is 9.99. The van der Waals surface area contributed by atoms with E-state index in [9.17, 15) is 4.79 Å². The Labute approximate surface area is 103 Å². The molecule has 2 aromatic heterocycles. The Kier molecular flexibility index (Phi) is 3.22. The highest BCUT2D eigenvalue weighted by atomic mass is 16.5. The van der Waals surface area contributed by atoms with Gasteiger partial charge in [-0.3, -0.25) is 4.98 Å². The largest absolute Gasteiger partial charge is 0.497 e. The van der Waals surface area contributed by atoms with Gasteiger partial charge in [-0.15, -0.1) is 5.10 Å². The summed E-state index contributed by atoms with van der Waals surface area (Å²) in [6.07, 6.45) is 1.36. The summed E-state index contributed by atoms with van der Waals surface area (Å²) in [4.78, 5) is 15.0. The first kappa shape index (κ1) is 12.0. The Morgan fingerprint density at radius 1 is 1.50 bits per heavy atom. The quantitative estimate of drug-likeness (QED) is 0.858. The van der Waals surface area contributed by atoms with Crippen LogP contribution >= 0.6 is 0 Å². The third-order valence-electron chi connectivity index (χ3n) is 2.30. The molecule has 2 rings (SSSR count). The number of nitrogens with zero attached hydrogens (tertiary/aromatic N) is 4. The van der Waals surface area contributed by atoms with Gasteiger partial charge in [-0.05, 0) is 6.92 Å². The van der Waals surface area contributed by atoms with Crippen molar-refractivity contribution in [3.63, 3.8) is 0 Å². The molecule has 0 aliphatic heterocycles. The van der Waals surface area contributed by atoms with Gasteiger partial charge < -0.3 is 9.84 Å². The first-order chi connectivity index (χ1) is 8.58. The van der Waals surface area contributed by atoms with E-state index in [1.807, 2.05) is 13.0 Å². The van der Waals surface area contributed by atoms with E-state index in [4.69, 9.17) is 9.84 Å². The predicted octanol–water partition coefficient (Wildman–Crippen LogP) is 0.737. The summed E-state index contributed by atoms with van der Waals surface area (Å²) in [6, 6.07) is 3.59. The molecule has 0 fully saturated rings. The fourth-order valence-corrected chi connectivity index (χ4v) is 1.54. The van der Waals surface area contributed by atoms with E-state index in [0.717, 1.165) is 11.4 Å². The predicted molar refractivity (Wildman–Crippen MR) is 61.6 cm³/mol. The minimum atomic E-state index is -1.10. The molecule has 2 aromatic rings. The third kappa shape index (κ3) is 2.62. The molecule has 0 saturated heterocycles. The Morgan fingerprint density at radius 2 is 2.28 bits per heavy atom. The van der Waals surface area contributed by atoms with Crippen molar-refractivity contribution < 1.29 is 14.6 Å². The van der Waals surface area contributed by atoms with Crippen molar-refractivity contribution in [1.82, 2.24) is 20.0 Å². The van der Waals surface area contributed by atoms with Crippen LogP contribution in [0.4, 0.5) is 0 Å². The number of methoxy groups -OCH3 is 1. The summed E-state index contributed by atoms with van der Waals surface area (Å²) in [5.41, 5.74) is 1.46. The van der Waals surface area contributed by atoms with Crippen LogP contribution in [0.1, 0.15) is 21.9 Å². The van der Waals surface area contributed by atoms with Crippen molar-refractivity contribution in [1.29, 1.82) is 0 Å². The van der Waals surface area contributed by atoms with E-state index < -0.39 is 5.97 Å². The van der Waals surface area contributed by atoms with Crippen molar-refractivity contribution in [3.8, 4) is 5.75 Å². The number of ether oxygens (including phenoxy) is 1. The van der Waals surface area contributed by atoms with Crippen LogP contribution in [0.2, 0.25) is 0 Å². The molecule has 1 N–H and O–H groups in total. The van der Waals surface area contributed by atoms with Gasteiger partial charge in [0.25, 0.3) is 0 Å². The zero-order valence-electron chi connectivity index (χ0n) is 9.99. The molecule has 0 radical (unpaired) electrons. The molecule has 7 heteroatoms. The fourth-order valence-electron chi connectivity index (χ4n) is 1.54. The lowest BCUT2D eigenvalue weighted by Gasteiger charge is -2.05. The SMILES string of the molecule is COc1cc(C)nc(Cn2cc(C(=O)O)nn2)c1. The second-order valence-electron chi connectivity index (χ2n) is 3.75. The van der Waals surface area contributed by atoms with E-state index in [-0.39, 0.29) is 5.69 Å². The van der Waals surface area contributed by atoms with E-state index >= 15 is 0 Å². The van der Waals surface area contributed by atoms with Crippen molar-refractivity contribution in [3.05, 3.63) is 35.4 Å². The molecular formula is C11H12N4O3. The van der Waals surface area contributed by atoms with Gasteiger partial charge in [-0.2, -0.15) is 0 Å². The van der Waals surface area contributed by atoms with E-state index in [2.05, 4.69) is 15.3 Å². The van der Waals surface area contributed by atoms with Crippen LogP contribution in [0.15, 0.2) is 18.3 Å². The van der Waals surface area contributed by atoms with Gasteiger partial charge in [0.05, 0.1) is 25.5 Å². The molecule has 0 aliphatic rings. The first-order valence-electron chi connectivity index (χ1n) is 5.23. The van der Waals surface area contributed by atoms with Gasteiger partial charge in [0.2, 0.25) is 0 Å². The number of hydrogen-bond donors (Lipinski definition) is 1. The average Bonchev–Trinajstić information content (AvgIpc) is 2.76. The van der Waals surface area contributed by atoms with Gasteiger partial charge >= 0.3 is 5.97 Å². The minimum absolute atomic E-state index is 0.0883. The Hall–Kier alpha value is -2.44. The number of aryl methyl sites for hydroxylation is 1. The van der Waals surface area contributed by atoms with Gasteiger partial charge in [-0.1, -0.05) is 5.21 Å². The van der Waals surface area contributed by atoms with Crippen LogP contribution in [0, 0.1) is 6.92 Å². The number of aromatic nitrogens is 4. The number of carboxylic acids is 1. The van der Waals surface area contributed by atoms with Crippen LogP contribution in [-0.4, -0.2) is 38.2 Å². The maximum atomic E-state index is 10.7. The third-order valence-corrected chi connectivity index (χ3v) is 2.30. The lowest BCUT2D eigenvalue weighted by molar-refractivity contribution is 0.0690. The van der Waals surface area contributed by atoms with Crippen LogP contribution in [0.3, 0.4) is 0 Å². The molecule has 0 atom stereocenters. The van der Waals surface area contributed by atoms with Crippen molar-refractivity contribution >= 4 is 5.97 Å². The van der Waals surface area contributed by atoms with Crippen molar-refractivity contribution in [2.75, 3.05) is 7.11 Å². The van der Waals surface area contributed by atoms with Crippen LogP contribution in [-0.2, 0) is 6.54 Å². The maximum absolute atomic E-state index is 10.7. The normalized spacial score (nSPS) is 10.3. The van der Waals surface area contributed by atoms with Crippen LogP contribution in [0.25, 0.3) is 0 Å². The number of rotatable bonds is 4. The van der Waals surface area contributed by atoms with E-state index in [1.54, 1.807) is 13.2 Å². The summed E-state index contributed by atoms with van der Waals surface area (Å²) < 4.78 is 6.56. The zero-order chi connectivity index (χ0) is 13.1. The number of pyridine rings is 1. The van der Waals surface area contributed by atoms with Gasteiger partial charge in [0.15, 0.2) is 5.69 Å². The molecule has 0 saturated carbocycles. The second kappa shape index (κ2) is 4.82. The number of carboxylic acid groups (broad SMARTS) is 1. The summed E-state index contributed by atoms with van der Waals surface area (Å²) in [5.74, 6) is -0.396. The lowest BCUT2D eigenvalue weighted by atomic mass is 10.3. The summed E-state index contributed by atoms with van der Waals surface area (Å²) in [7, 11) is 1.58. The summed E-state index contributed by atoms with van der Waals surface area (Å²) >= 11 is 0. The molecule has 0 aromatic carbocycles. The molecule has 0 bridgehead atoms. The van der Waals surface area contributed by atoms with Crippen LogP contribution in [0.5, 0.6) is 5.75 Å². The number of hydrogen-bond acceptors (Lipinski definition) is 5. The molecule has 0 aliphatic carbocycles. The molecule has 2 heterocycles. The Balaban J connectivity index is 2.22. The van der Waals surface area contributed by atoms with Crippen molar-refractivity contribution in [2.24, 2.45) is 0 Å². The molecule has 0 amide bonds. The maximum Gasteiger partial charge on any atom is 0.358 e. The molecule has 7 nitrogen and oxygen atoms in total. The summed E-state index contributed by atoms with van der Waals surface area (Å²) in [5, 5.41) is 16.0. The monoisotopic (exact) mass is 248 g/mol. The van der Waals surface area contributed by atoms with Gasteiger partial charge in [0.1, 0.15) is 5.75 Å². The first-order valence-corrected chi connectivity index (χ1v) is 5.23. The Morgan fingerprint density at radius 3 is 2.89 bits per heavy atom. The number of aromatic carboxylic acids is 1. The second-order valence-corrected chi connectivity index (χ2v) is 3.75. The van der Waals surface area contributed by atoms with Crippen LogP contribution < -0.4 is 4.74 Å². The minimum Gasteiger partial charge on any atom is -0.497 e. The van der Waals surface area contributed by atoms with Crippen molar-refractivity contribution in [2.45, 2.75) is 13.5 Å². The number of carbonyl (C=O) groups is 1. The molecule has 18 heavy (non-hydrogen) atoms. The molecular weight excluding hydrogens is 236 g/mol.